The van der Waals surface area contributed by atoms with Gasteiger partial charge in [0.05, 0.1) is 23.1 Å². The minimum atomic E-state index is -0.425. The highest BCUT2D eigenvalue weighted by Crippen LogP contribution is 2.18. The van der Waals surface area contributed by atoms with E-state index in [0.29, 0.717) is 16.6 Å². The summed E-state index contributed by atoms with van der Waals surface area (Å²) < 4.78 is 2.30. The van der Waals surface area contributed by atoms with Crippen molar-refractivity contribution in [3.05, 3.63) is 82.3 Å². The number of aryl methyl sites for hydroxylation is 1. The molecule has 0 aliphatic heterocycles. The van der Waals surface area contributed by atoms with Crippen molar-refractivity contribution in [1.82, 2.24) is 19.4 Å². The van der Waals surface area contributed by atoms with Crippen molar-refractivity contribution in [3.8, 4) is 0 Å². The van der Waals surface area contributed by atoms with Crippen LogP contribution in [0.2, 0.25) is 0 Å². The minimum Gasteiger partial charge on any atom is -0.382 e. The maximum absolute atomic E-state index is 13.1. The lowest BCUT2D eigenvalue weighted by atomic mass is 10.1. The van der Waals surface area contributed by atoms with E-state index in [4.69, 9.17) is 5.73 Å². The summed E-state index contributed by atoms with van der Waals surface area (Å²) in [5, 5.41) is 4.54. The number of thioether (sulfide) groups is 1. The Balaban J connectivity index is 1.63. The Morgan fingerprint density at radius 3 is 2.53 bits per heavy atom. The lowest BCUT2D eigenvalue weighted by Gasteiger charge is -2.14. The number of hydrogen-bond acceptors (Lipinski definition) is 7. The second kappa shape index (κ2) is 9.06. The molecule has 2 aromatic carbocycles. The topological polar surface area (TPSA) is 125 Å². The highest BCUT2D eigenvalue weighted by atomic mass is 32.2. The van der Waals surface area contributed by atoms with E-state index in [1.54, 1.807) is 37.3 Å². The number of anilines is 1. The highest BCUT2D eigenvalue weighted by molar-refractivity contribution is 7.99. The first-order chi connectivity index (χ1) is 15.4. The van der Waals surface area contributed by atoms with Gasteiger partial charge in [-0.2, -0.15) is 4.68 Å². The highest BCUT2D eigenvalue weighted by Gasteiger charge is 2.17. The van der Waals surface area contributed by atoms with E-state index in [-0.39, 0.29) is 35.0 Å². The molecule has 2 aromatic heterocycles. The molecule has 0 aliphatic carbocycles. The van der Waals surface area contributed by atoms with Gasteiger partial charge in [-0.15, -0.1) is 5.10 Å². The second-order valence-electron chi connectivity index (χ2n) is 7.05. The van der Waals surface area contributed by atoms with E-state index in [9.17, 15) is 14.4 Å². The van der Waals surface area contributed by atoms with Crippen molar-refractivity contribution in [2.75, 3.05) is 16.9 Å². The molecule has 0 fully saturated rings. The maximum atomic E-state index is 13.1. The molecule has 2 heterocycles. The number of benzene rings is 2. The van der Waals surface area contributed by atoms with E-state index < -0.39 is 5.56 Å². The predicted molar refractivity (Wildman–Crippen MR) is 123 cm³/mol. The van der Waals surface area contributed by atoms with Gasteiger partial charge in [0.25, 0.3) is 11.5 Å². The third kappa shape index (κ3) is 4.54. The number of nitrogens with two attached hydrogens (primary N) is 1. The number of para-hydroxylation sites is 1. The average molecular weight is 449 g/mol. The molecule has 32 heavy (non-hydrogen) atoms. The van der Waals surface area contributed by atoms with Crippen molar-refractivity contribution in [2.45, 2.75) is 18.5 Å². The quantitative estimate of drug-likeness (QED) is 0.342. The molecular weight excluding hydrogens is 428 g/mol. The Labute approximate surface area is 187 Å². The largest absolute Gasteiger partial charge is 0.382 e. The van der Waals surface area contributed by atoms with Gasteiger partial charge >= 0.3 is 0 Å². The van der Waals surface area contributed by atoms with Gasteiger partial charge < -0.3 is 5.73 Å². The van der Waals surface area contributed by atoms with Gasteiger partial charge in [-0.1, -0.05) is 54.2 Å². The van der Waals surface area contributed by atoms with Gasteiger partial charge in [-0.3, -0.25) is 19.8 Å². The molecule has 4 rings (SSSR count). The van der Waals surface area contributed by atoms with E-state index >= 15 is 0 Å². The summed E-state index contributed by atoms with van der Waals surface area (Å²) in [6.07, 6.45) is 0.0922. The molecule has 4 aromatic rings. The first-order valence-electron chi connectivity index (χ1n) is 9.76. The SMILES string of the molecule is Cc1cc(N)nn1C(=O)CSc1nc2ccccc2c(=O)n1NC(=O)Cc1ccccc1. The predicted octanol–water partition coefficient (Wildman–Crippen LogP) is 2.23. The number of carbonyl (C=O) groups excluding carboxylic acids is 2. The Hall–Kier alpha value is -3.92. The van der Waals surface area contributed by atoms with Crippen LogP contribution >= 0.6 is 11.8 Å². The minimum absolute atomic E-state index is 0.0543. The summed E-state index contributed by atoms with van der Waals surface area (Å²) in [4.78, 5) is 42.8. The number of nitrogens with zero attached hydrogens (tertiary/aromatic N) is 4. The summed E-state index contributed by atoms with van der Waals surface area (Å²) in [5.41, 5.74) is 9.74. The van der Waals surface area contributed by atoms with Gasteiger partial charge in [0.1, 0.15) is 5.82 Å². The van der Waals surface area contributed by atoms with Crippen LogP contribution in [-0.4, -0.2) is 37.0 Å². The Kier molecular flexibility index (Phi) is 6.04. The summed E-state index contributed by atoms with van der Waals surface area (Å²) in [7, 11) is 0. The zero-order chi connectivity index (χ0) is 22.7. The third-order valence-corrected chi connectivity index (χ3v) is 5.58. The molecule has 10 heteroatoms. The Morgan fingerprint density at radius 2 is 1.81 bits per heavy atom. The zero-order valence-electron chi connectivity index (χ0n) is 17.2. The lowest BCUT2D eigenvalue weighted by Crippen LogP contribution is -2.36. The van der Waals surface area contributed by atoms with E-state index in [2.05, 4.69) is 15.5 Å². The van der Waals surface area contributed by atoms with Crippen molar-refractivity contribution < 1.29 is 9.59 Å². The number of rotatable bonds is 6. The number of nitrogens with one attached hydrogen (secondary N) is 1. The molecule has 1 amide bonds. The second-order valence-corrected chi connectivity index (χ2v) is 8.00. The first-order valence-corrected chi connectivity index (χ1v) is 10.7. The maximum Gasteiger partial charge on any atom is 0.281 e. The van der Waals surface area contributed by atoms with Gasteiger partial charge in [0, 0.05) is 11.8 Å². The molecule has 0 saturated carbocycles. The molecular formula is C22H20N6O3S. The molecule has 0 saturated heterocycles. The molecule has 162 valence electrons. The van der Waals surface area contributed by atoms with E-state index in [1.807, 2.05) is 30.3 Å². The number of hydrogen-bond donors (Lipinski definition) is 2. The first kappa shape index (κ1) is 21.3. The van der Waals surface area contributed by atoms with Crippen molar-refractivity contribution >= 4 is 40.3 Å². The van der Waals surface area contributed by atoms with Crippen molar-refractivity contribution in [1.29, 1.82) is 0 Å². The summed E-state index contributed by atoms with van der Waals surface area (Å²) in [5.74, 6) is -0.510. The molecule has 0 atom stereocenters. The smallest absolute Gasteiger partial charge is 0.281 e. The Morgan fingerprint density at radius 1 is 1.09 bits per heavy atom. The van der Waals surface area contributed by atoms with Gasteiger partial charge in [-0.05, 0) is 24.6 Å². The monoisotopic (exact) mass is 448 g/mol. The van der Waals surface area contributed by atoms with Gasteiger partial charge in [0.15, 0.2) is 5.16 Å². The fourth-order valence-electron chi connectivity index (χ4n) is 3.19. The fraction of sp³-hybridized carbons (Fsp3) is 0.136. The van der Waals surface area contributed by atoms with Crippen molar-refractivity contribution in [3.63, 3.8) is 0 Å². The fourth-order valence-corrected chi connectivity index (χ4v) is 3.99. The van der Waals surface area contributed by atoms with Crippen LogP contribution in [0.4, 0.5) is 5.82 Å². The van der Waals surface area contributed by atoms with Crippen LogP contribution in [0, 0.1) is 6.92 Å². The molecule has 0 unspecified atom stereocenters. The third-order valence-electron chi connectivity index (χ3n) is 4.66. The number of aromatic nitrogens is 4. The van der Waals surface area contributed by atoms with Crippen LogP contribution in [0.3, 0.4) is 0 Å². The van der Waals surface area contributed by atoms with E-state index in [0.717, 1.165) is 22.0 Å². The van der Waals surface area contributed by atoms with Crippen LogP contribution < -0.4 is 16.7 Å². The normalized spacial score (nSPS) is 10.9. The number of nitrogen functional groups attached to an aromatic ring is 1. The van der Waals surface area contributed by atoms with Gasteiger partial charge in [0.2, 0.25) is 5.91 Å². The summed E-state index contributed by atoms with van der Waals surface area (Å²) >= 11 is 1.03. The number of amides is 1. The van der Waals surface area contributed by atoms with Crippen molar-refractivity contribution in [2.24, 2.45) is 0 Å². The molecule has 3 N–H and O–H groups in total. The summed E-state index contributed by atoms with van der Waals surface area (Å²) in [6.45, 7) is 1.72. The standard InChI is InChI=1S/C22H20N6O3S/c1-14-11-18(23)25-27(14)20(30)13-32-22-24-17-10-6-5-9-16(17)21(31)28(22)26-19(29)12-15-7-3-2-4-8-15/h2-11H,12-13H2,1H3,(H2,23,25)(H,26,29). The molecule has 0 aliphatic rings. The molecule has 0 radical (unpaired) electrons. The van der Waals surface area contributed by atoms with E-state index in [1.165, 1.54) is 4.68 Å². The Bertz CT molecular complexity index is 1360. The van der Waals surface area contributed by atoms with Crippen LogP contribution in [-0.2, 0) is 11.2 Å². The average Bonchev–Trinajstić information content (AvgIpc) is 3.13. The summed E-state index contributed by atoms with van der Waals surface area (Å²) in [6, 6.07) is 17.6. The van der Waals surface area contributed by atoms with Crippen LogP contribution in [0.5, 0.6) is 0 Å². The van der Waals surface area contributed by atoms with Crippen LogP contribution in [0.25, 0.3) is 10.9 Å². The number of fused-ring (bicyclic) bond motifs is 1. The van der Waals surface area contributed by atoms with Gasteiger partial charge in [-0.25, -0.2) is 9.67 Å². The number of carbonyl (C=O) groups is 2. The zero-order valence-corrected chi connectivity index (χ0v) is 18.0. The molecule has 9 nitrogen and oxygen atoms in total. The molecule has 0 bridgehead atoms. The molecule has 0 spiro atoms. The van der Waals surface area contributed by atoms with Crippen LogP contribution in [0.1, 0.15) is 16.1 Å². The lowest BCUT2D eigenvalue weighted by molar-refractivity contribution is -0.116. The van der Waals surface area contributed by atoms with Crippen LogP contribution in [0.15, 0.2) is 70.6 Å².